The van der Waals surface area contributed by atoms with Gasteiger partial charge in [0.15, 0.2) is 0 Å². The summed E-state index contributed by atoms with van der Waals surface area (Å²) < 4.78 is 13.1. The molecule has 1 saturated heterocycles. The van der Waals surface area contributed by atoms with E-state index in [-0.39, 0.29) is 17.8 Å². The average molecular weight is 315 g/mol. The quantitative estimate of drug-likeness (QED) is 0.934. The molecule has 1 aromatic carbocycles. The summed E-state index contributed by atoms with van der Waals surface area (Å²) in [5, 5.41) is 7.14. The van der Waals surface area contributed by atoms with E-state index in [1.54, 1.807) is 12.1 Å². The molecule has 5 heteroatoms. The Hall–Kier alpha value is -2.17. The molecule has 2 heterocycles. The van der Waals surface area contributed by atoms with E-state index in [9.17, 15) is 9.18 Å². The minimum Gasteiger partial charge on any atom is -0.330 e. The number of nitrogens with one attached hydrogen (secondary N) is 1. The monoisotopic (exact) mass is 315 g/mol. The van der Waals surface area contributed by atoms with Gasteiger partial charge in [-0.1, -0.05) is 26.0 Å². The summed E-state index contributed by atoms with van der Waals surface area (Å²) >= 11 is 0. The number of hydrogen-bond acceptors (Lipinski definition) is 2. The van der Waals surface area contributed by atoms with Crippen LogP contribution in [0.4, 0.5) is 4.39 Å². The number of halogens is 1. The van der Waals surface area contributed by atoms with Crippen molar-refractivity contribution in [1.82, 2.24) is 15.1 Å². The molecule has 3 rings (SSSR count). The molecule has 0 aliphatic carbocycles. The molecule has 4 nitrogen and oxygen atoms in total. The van der Waals surface area contributed by atoms with Gasteiger partial charge in [-0.2, -0.15) is 5.10 Å². The van der Waals surface area contributed by atoms with Crippen molar-refractivity contribution >= 4 is 5.91 Å². The lowest BCUT2D eigenvalue weighted by Gasteiger charge is -2.24. The highest BCUT2D eigenvalue weighted by atomic mass is 19.1. The van der Waals surface area contributed by atoms with Crippen LogP contribution in [0.15, 0.2) is 30.3 Å². The standard InChI is InChI=1S/C18H22FN3O/c1-12(2)10-15-11-16(21-20-15)18(23)22-9-3-4-17(22)13-5-7-14(19)8-6-13/h5-8,11-12,17H,3-4,9-10H2,1-2H3,(H,20,21). The Morgan fingerprint density at radius 3 is 2.83 bits per heavy atom. The number of carbonyl (C=O) groups excluding carboxylic acids is 1. The fourth-order valence-corrected chi connectivity index (χ4v) is 3.20. The van der Waals surface area contributed by atoms with E-state index in [1.165, 1.54) is 12.1 Å². The number of carbonyl (C=O) groups is 1. The van der Waals surface area contributed by atoms with Crippen LogP contribution in [0.25, 0.3) is 0 Å². The molecule has 1 aromatic heterocycles. The van der Waals surface area contributed by atoms with Crippen LogP contribution in [0.5, 0.6) is 0 Å². The minimum atomic E-state index is -0.254. The number of H-pyrrole nitrogens is 1. The summed E-state index contributed by atoms with van der Waals surface area (Å²) in [6, 6.07) is 8.29. The zero-order chi connectivity index (χ0) is 16.4. The van der Waals surface area contributed by atoms with E-state index in [4.69, 9.17) is 0 Å². The zero-order valence-electron chi connectivity index (χ0n) is 13.6. The van der Waals surface area contributed by atoms with E-state index in [0.29, 0.717) is 18.2 Å². The van der Waals surface area contributed by atoms with Crippen molar-refractivity contribution < 1.29 is 9.18 Å². The van der Waals surface area contributed by atoms with E-state index in [0.717, 1.165) is 30.5 Å². The van der Waals surface area contributed by atoms with Crippen molar-refractivity contribution in [2.24, 2.45) is 5.92 Å². The van der Waals surface area contributed by atoms with Crippen LogP contribution < -0.4 is 0 Å². The summed E-state index contributed by atoms with van der Waals surface area (Å²) in [5.41, 5.74) is 2.44. The van der Waals surface area contributed by atoms with Crippen LogP contribution in [0, 0.1) is 11.7 Å². The van der Waals surface area contributed by atoms with Crippen LogP contribution in [0.2, 0.25) is 0 Å². The summed E-state index contributed by atoms with van der Waals surface area (Å²) in [7, 11) is 0. The van der Waals surface area contributed by atoms with Crippen molar-refractivity contribution in [3.8, 4) is 0 Å². The van der Waals surface area contributed by atoms with Crippen molar-refractivity contribution in [2.75, 3.05) is 6.54 Å². The molecule has 23 heavy (non-hydrogen) atoms. The predicted molar refractivity (Wildman–Crippen MR) is 86.5 cm³/mol. The molecule has 0 saturated carbocycles. The third-order valence-electron chi connectivity index (χ3n) is 4.25. The molecule has 1 unspecified atom stereocenters. The lowest BCUT2D eigenvalue weighted by molar-refractivity contribution is 0.0729. The first-order chi connectivity index (χ1) is 11.0. The first-order valence-electron chi connectivity index (χ1n) is 8.15. The Morgan fingerprint density at radius 1 is 1.39 bits per heavy atom. The molecular weight excluding hydrogens is 293 g/mol. The Kier molecular flexibility index (Phi) is 4.46. The molecule has 1 amide bonds. The van der Waals surface area contributed by atoms with Crippen molar-refractivity contribution in [3.63, 3.8) is 0 Å². The Balaban J connectivity index is 1.77. The number of likely N-dealkylation sites (tertiary alicyclic amines) is 1. The maximum atomic E-state index is 13.1. The molecule has 1 N–H and O–H groups in total. The van der Waals surface area contributed by atoms with Crippen molar-refractivity contribution in [1.29, 1.82) is 0 Å². The van der Waals surface area contributed by atoms with Crippen molar-refractivity contribution in [2.45, 2.75) is 39.2 Å². The maximum absolute atomic E-state index is 13.1. The van der Waals surface area contributed by atoms with Gasteiger partial charge in [0.2, 0.25) is 0 Å². The van der Waals surface area contributed by atoms with Gasteiger partial charge in [0, 0.05) is 12.2 Å². The Morgan fingerprint density at radius 2 is 2.13 bits per heavy atom. The molecule has 1 aliphatic heterocycles. The first-order valence-corrected chi connectivity index (χ1v) is 8.15. The number of aromatic amines is 1. The second kappa shape index (κ2) is 6.52. The van der Waals surface area contributed by atoms with Crippen LogP contribution in [0.3, 0.4) is 0 Å². The van der Waals surface area contributed by atoms with Gasteiger partial charge in [-0.25, -0.2) is 4.39 Å². The molecule has 0 spiro atoms. The molecule has 0 bridgehead atoms. The van der Waals surface area contributed by atoms with Gasteiger partial charge in [0.1, 0.15) is 11.5 Å². The lowest BCUT2D eigenvalue weighted by Crippen LogP contribution is -2.30. The van der Waals surface area contributed by atoms with Crippen molar-refractivity contribution in [3.05, 3.63) is 53.1 Å². The molecular formula is C18H22FN3O. The predicted octanol–water partition coefficient (Wildman–Crippen LogP) is 3.72. The number of amides is 1. The van der Waals surface area contributed by atoms with Gasteiger partial charge in [0.25, 0.3) is 5.91 Å². The van der Waals surface area contributed by atoms with Gasteiger partial charge < -0.3 is 4.90 Å². The molecule has 2 aromatic rings. The number of rotatable bonds is 4. The summed E-state index contributed by atoms with van der Waals surface area (Å²) in [6.45, 7) is 4.98. The highest BCUT2D eigenvalue weighted by Gasteiger charge is 2.31. The highest BCUT2D eigenvalue weighted by Crippen LogP contribution is 2.33. The molecule has 1 fully saturated rings. The topological polar surface area (TPSA) is 49.0 Å². The minimum absolute atomic E-state index is 0.00773. The van der Waals surface area contributed by atoms with E-state index in [2.05, 4.69) is 24.0 Å². The SMILES string of the molecule is CC(C)Cc1cc(C(=O)N2CCCC2c2ccc(F)cc2)n[nH]1. The fraction of sp³-hybridized carbons (Fsp3) is 0.444. The van der Waals surface area contributed by atoms with Gasteiger partial charge in [-0.3, -0.25) is 9.89 Å². The van der Waals surface area contributed by atoms with E-state index < -0.39 is 0 Å². The summed E-state index contributed by atoms with van der Waals surface area (Å²) in [5.74, 6) is 0.204. The molecule has 1 aliphatic rings. The fourth-order valence-electron chi connectivity index (χ4n) is 3.20. The number of benzene rings is 1. The number of nitrogens with zero attached hydrogens (tertiary/aromatic N) is 2. The normalized spacial score (nSPS) is 17.9. The molecule has 0 radical (unpaired) electrons. The van der Waals surface area contributed by atoms with Crippen LogP contribution in [-0.4, -0.2) is 27.5 Å². The van der Waals surface area contributed by atoms with Gasteiger partial charge in [-0.05, 0) is 48.9 Å². The second-order valence-electron chi connectivity index (χ2n) is 6.58. The van der Waals surface area contributed by atoms with Crippen LogP contribution in [0.1, 0.15) is 54.5 Å². The second-order valence-corrected chi connectivity index (χ2v) is 6.58. The number of aromatic nitrogens is 2. The van der Waals surface area contributed by atoms with Gasteiger partial charge >= 0.3 is 0 Å². The molecule has 122 valence electrons. The third kappa shape index (κ3) is 3.44. The lowest BCUT2D eigenvalue weighted by atomic mass is 10.0. The largest absolute Gasteiger partial charge is 0.330 e. The average Bonchev–Trinajstić information content (AvgIpc) is 3.16. The summed E-state index contributed by atoms with van der Waals surface area (Å²) in [4.78, 5) is 14.6. The zero-order valence-corrected chi connectivity index (χ0v) is 13.6. The Bertz CT molecular complexity index is 678. The highest BCUT2D eigenvalue weighted by molar-refractivity contribution is 5.92. The first kappa shape index (κ1) is 15.7. The van der Waals surface area contributed by atoms with Crippen LogP contribution in [-0.2, 0) is 6.42 Å². The van der Waals surface area contributed by atoms with E-state index in [1.807, 2.05) is 11.0 Å². The summed E-state index contributed by atoms with van der Waals surface area (Å²) in [6.07, 6.45) is 2.74. The van der Waals surface area contributed by atoms with Gasteiger partial charge in [-0.15, -0.1) is 0 Å². The number of hydrogen-bond donors (Lipinski definition) is 1. The molecule has 1 atom stereocenters. The Labute approximate surface area is 135 Å². The third-order valence-corrected chi connectivity index (χ3v) is 4.25. The maximum Gasteiger partial charge on any atom is 0.274 e. The van der Waals surface area contributed by atoms with Crippen LogP contribution >= 0.6 is 0 Å². The smallest absolute Gasteiger partial charge is 0.274 e. The van der Waals surface area contributed by atoms with Gasteiger partial charge in [0.05, 0.1) is 6.04 Å². The van der Waals surface area contributed by atoms with E-state index >= 15 is 0 Å².